The number of hydrogen-bond acceptors (Lipinski definition) is 2. The second-order valence-electron chi connectivity index (χ2n) is 4.29. The Kier molecular flexibility index (Phi) is 2.45. The lowest BCUT2D eigenvalue weighted by Crippen LogP contribution is -2.12. The number of rotatable bonds is 1. The summed E-state index contributed by atoms with van der Waals surface area (Å²) < 4.78 is 1.85. The van der Waals surface area contributed by atoms with Crippen molar-refractivity contribution >= 4 is 0 Å². The molecule has 0 atom stereocenters. The van der Waals surface area contributed by atoms with Crippen molar-refractivity contribution in [3.8, 4) is 22.4 Å². The van der Waals surface area contributed by atoms with Gasteiger partial charge in [-0.25, -0.2) is 4.98 Å². The van der Waals surface area contributed by atoms with Gasteiger partial charge in [0.2, 0.25) is 0 Å². The molecule has 2 heterocycles. The lowest BCUT2D eigenvalue weighted by atomic mass is 10.0. The van der Waals surface area contributed by atoms with E-state index in [9.17, 15) is 4.79 Å². The molecule has 3 heteroatoms. The standard InChI is InChI=1S/C15H12N2O/c1-17-8-7-12-9-14(11-5-3-2-4-6-11)16-15(18)13(12)10-17/h2-10H,1H3. The van der Waals surface area contributed by atoms with Gasteiger partial charge < -0.3 is 4.57 Å². The molecule has 0 saturated carbocycles. The van der Waals surface area contributed by atoms with Crippen LogP contribution in [0.25, 0.3) is 22.4 Å². The molecule has 0 aromatic heterocycles. The predicted octanol–water partition coefficient (Wildman–Crippen LogP) is 2.55. The molecule has 0 N–H and O–H groups in total. The second kappa shape index (κ2) is 4.11. The van der Waals surface area contributed by atoms with Crippen LogP contribution in [0.3, 0.4) is 0 Å². The van der Waals surface area contributed by atoms with Gasteiger partial charge in [0.25, 0.3) is 5.56 Å². The number of aromatic nitrogens is 2. The van der Waals surface area contributed by atoms with Crippen molar-refractivity contribution < 1.29 is 0 Å². The number of aryl methyl sites for hydroxylation is 1. The van der Waals surface area contributed by atoms with Crippen LogP contribution in [0.5, 0.6) is 0 Å². The Hall–Kier alpha value is -2.42. The molecule has 0 spiro atoms. The van der Waals surface area contributed by atoms with Crippen LogP contribution in [-0.4, -0.2) is 9.55 Å². The van der Waals surface area contributed by atoms with Crippen LogP contribution >= 0.6 is 0 Å². The van der Waals surface area contributed by atoms with Crippen molar-refractivity contribution in [2.45, 2.75) is 0 Å². The SMILES string of the molecule is Cn1ccc2cc(-c3ccccc3)nc(=O)c-2c1. The van der Waals surface area contributed by atoms with E-state index < -0.39 is 0 Å². The van der Waals surface area contributed by atoms with Crippen LogP contribution < -0.4 is 5.56 Å². The van der Waals surface area contributed by atoms with Crippen molar-refractivity contribution in [1.29, 1.82) is 0 Å². The molecule has 0 aliphatic carbocycles. The molecule has 0 bridgehead atoms. The van der Waals surface area contributed by atoms with Crippen LogP contribution in [0, 0.1) is 0 Å². The predicted molar refractivity (Wildman–Crippen MR) is 71.5 cm³/mol. The smallest absolute Gasteiger partial charge is 0.279 e. The van der Waals surface area contributed by atoms with E-state index in [1.807, 2.05) is 60.3 Å². The third kappa shape index (κ3) is 1.80. The number of hydrogen-bond donors (Lipinski definition) is 0. The molecule has 2 aliphatic heterocycles. The summed E-state index contributed by atoms with van der Waals surface area (Å²) in [5.74, 6) is 0. The number of nitrogens with zero attached hydrogens (tertiary/aromatic N) is 2. The molecular formula is C15H12N2O. The largest absolute Gasteiger partial charge is 0.356 e. The normalized spacial score (nSPS) is 10.7. The van der Waals surface area contributed by atoms with Crippen LogP contribution in [0.15, 0.2) is 59.7 Å². The Morgan fingerprint density at radius 1 is 1.06 bits per heavy atom. The van der Waals surface area contributed by atoms with Crippen LogP contribution in [0.4, 0.5) is 0 Å². The maximum atomic E-state index is 12.0. The van der Waals surface area contributed by atoms with E-state index in [1.54, 1.807) is 6.20 Å². The summed E-state index contributed by atoms with van der Waals surface area (Å²) in [5, 5.41) is 0. The highest BCUT2D eigenvalue weighted by atomic mass is 16.1. The fourth-order valence-electron chi connectivity index (χ4n) is 2.02. The molecule has 3 nitrogen and oxygen atoms in total. The van der Waals surface area contributed by atoms with Gasteiger partial charge in [-0.2, -0.15) is 0 Å². The maximum absolute atomic E-state index is 12.0. The van der Waals surface area contributed by atoms with E-state index in [0.29, 0.717) is 5.56 Å². The Balaban J connectivity index is 2.26. The van der Waals surface area contributed by atoms with Crippen molar-refractivity contribution in [2.24, 2.45) is 7.05 Å². The summed E-state index contributed by atoms with van der Waals surface area (Å²) in [4.78, 5) is 16.1. The van der Waals surface area contributed by atoms with E-state index in [0.717, 1.165) is 16.8 Å². The van der Waals surface area contributed by atoms with E-state index in [1.165, 1.54) is 0 Å². The Morgan fingerprint density at radius 2 is 1.83 bits per heavy atom. The molecule has 1 aromatic carbocycles. The van der Waals surface area contributed by atoms with E-state index in [4.69, 9.17) is 0 Å². The van der Waals surface area contributed by atoms with Gasteiger partial charge in [-0.1, -0.05) is 30.3 Å². The lowest BCUT2D eigenvalue weighted by molar-refractivity contribution is 0.902. The Labute approximate surface area is 105 Å². The summed E-state index contributed by atoms with van der Waals surface area (Å²) in [6, 6.07) is 13.6. The van der Waals surface area contributed by atoms with Gasteiger partial charge in [-0.05, 0) is 17.7 Å². The van der Waals surface area contributed by atoms with Crippen molar-refractivity contribution in [3.05, 3.63) is 65.2 Å². The molecule has 0 amide bonds. The summed E-state index contributed by atoms with van der Waals surface area (Å²) >= 11 is 0. The molecule has 0 fully saturated rings. The molecule has 1 aromatic rings. The first kappa shape index (κ1) is 10.7. The zero-order chi connectivity index (χ0) is 12.5. The molecule has 3 rings (SSSR count). The average molecular weight is 236 g/mol. The minimum atomic E-state index is -0.178. The second-order valence-corrected chi connectivity index (χ2v) is 4.29. The zero-order valence-corrected chi connectivity index (χ0v) is 10.00. The van der Waals surface area contributed by atoms with Gasteiger partial charge in [0.1, 0.15) is 0 Å². The summed E-state index contributed by atoms with van der Waals surface area (Å²) in [5.41, 5.74) is 3.08. The van der Waals surface area contributed by atoms with Gasteiger partial charge in [-0.3, -0.25) is 4.79 Å². The van der Waals surface area contributed by atoms with Crippen molar-refractivity contribution in [1.82, 2.24) is 9.55 Å². The highest BCUT2D eigenvalue weighted by Gasteiger charge is 2.10. The topological polar surface area (TPSA) is 34.9 Å². The quantitative estimate of drug-likeness (QED) is 0.650. The van der Waals surface area contributed by atoms with Gasteiger partial charge in [0.15, 0.2) is 0 Å². The summed E-state index contributed by atoms with van der Waals surface area (Å²) in [6.45, 7) is 0. The maximum Gasteiger partial charge on any atom is 0.279 e. The van der Waals surface area contributed by atoms with Gasteiger partial charge >= 0.3 is 0 Å². The van der Waals surface area contributed by atoms with Gasteiger partial charge in [0.05, 0.1) is 11.3 Å². The Morgan fingerprint density at radius 3 is 2.61 bits per heavy atom. The third-order valence-electron chi connectivity index (χ3n) is 2.95. The van der Waals surface area contributed by atoms with E-state index in [2.05, 4.69) is 4.98 Å². The first-order chi connectivity index (χ1) is 8.74. The van der Waals surface area contributed by atoms with Crippen LogP contribution in [0.2, 0.25) is 0 Å². The minimum Gasteiger partial charge on any atom is -0.356 e. The van der Waals surface area contributed by atoms with Gasteiger partial charge in [0, 0.05) is 25.0 Å². The van der Waals surface area contributed by atoms with Crippen LogP contribution in [0.1, 0.15) is 0 Å². The lowest BCUT2D eigenvalue weighted by Gasteiger charge is -2.08. The molecule has 0 unspecified atom stereocenters. The molecule has 88 valence electrons. The van der Waals surface area contributed by atoms with Crippen LogP contribution in [-0.2, 0) is 7.05 Å². The fraction of sp³-hybridized carbons (Fsp3) is 0.0667. The average Bonchev–Trinajstić information content (AvgIpc) is 2.40. The van der Waals surface area contributed by atoms with Crippen molar-refractivity contribution in [2.75, 3.05) is 0 Å². The fourth-order valence-corrected chi connectivity index (χ4v) is 2.02. The molecule has 18 heavy (non-hydrogen) atoms. The van der Waals surface area contributed by atoms with E-state index in [-0.39, 0.29) is 5.56 Å². The number of benzene rings is 1. The summed E-state index contributed by atoms with van der Waals surface area (Å²) in [6.07, 6.45) is 3.73. The Bertz CT molecular complexity index is 716. The summed E-state index contributed by atoms with van der Waals surface area (Å²) in [7, 11) is 1.89. The zero-order valence-electron chi connectivity index (χ0n) is 10.00. The molecule has 0 radical (unpaired) electrons. The van der Waals surface area contributed by atoms with E-state index >= 15 is 0 Å². The highest BCUT2D eigenvalue weighted by molar-refractivity contribution is 5.70. The number of pyridine rings is 2. The van der Waals surface area contributed by atoms with Crippen molar-refractivity contribution in [3.63, 3.8) is 0 Å². The monoisotopic (exact) mass is 236 g/mol. The highest BCUT2D eigenvalue weighted by Crippen LogP contribution is 2.22. The molecular weight excluding hydrogens is 224 g/mol. The van der Waals surface area contributed by atoms with Gasteiger partial charge in [-0.15, -0.1) is 0 Å². The molecule has 2 aliphatic rings. The third-order valence-corrected chi connectivity index (χ3v) is 2.95. The molecule has 0 saturated heterocycles. The minimum absolute atomic E-state index is 0.178. The first-order valence-electron chi connectivity index (χ1n) is 5.76. The number of fused-ring (bicyclic) bond motifs is 1. The first-order valence-corrected chi connectivity index (χ1v) is 5.76.